The van der Waals surface area contributed by atoms with Crippen molar-refractivity contribution in [2.45, 2.75) is 45.7 Å². The molecule has 1 amide bonds. The van der Waals surface area contributed by atoms with E-state index in [1.54, 1.807) is 15.4 Å². The molecule has 4 heterocycles. The molecule has 4 aromatic rings. The van der Waals surface area contributed by atoms with Gasteiger partial charge in [-0.1, -0.05) is 18.2 Å². The van der Waals surface area contributed by atoms with E-state index in [2.05, 4.69) is 15.5 Å². The van der Waals surface area contributed by atoms with Gasteiger partial charge in [-0.2, -0.15) is 10.2 Å². The molecule has 1 aliphatic rings. The molecule has 0 bridgehead atoms. The van der Waals surface area contributed by atoms with E-state index in [4.69, 9.17) is 4.42 Å². The monoisotopic (exact) mass is 446 g/mol. The van der Waals surface area contributed by atoms with Gasteiger partial charge >= 0.3 is 5.69 Å². The van der Waals surface area contributed by atoms with Crippen molar-refractivity contribution in [1.29, 1.82) is 0 Å². The van der Waals surface area contributed by atoms with Crippen LogP contribution >= 0.6 is 0 Å². The summed E-state index contributed by atoms with van der Waals surface area (Å²) in [6, 6.07) is 13.3. The van der Waals surface area contributed by atoms with Gasteiger partial charge in [0.05, 0.1) is 11.3 Å². The maximum Gasteiger partial charge on any atom is 0.345 e. The minimum Gasteiger partial charge on any atom is -0.460 e. The Morgan fingerprint density at radius 1 is 1.12 bits per heavy atom. The van der Waals surface area contributed by atoms with E-state index >= 15 is 0 Å². The molecule has 0 aliphatic carbocycles. The Labute approximate surface area is 190 Å². The Hall–Kier alpha value is -3.88. The predicted molar refractivity (Wildman–Crippen MR) is 122 cm³/mol. The highest BCUT2D eigenvalue weighted by Crippen LogP contribution is 2.25. The molecule has 0 saturated heterocycles. The second-order valence-corrected chi connectivity index (χ2v) is 8.22. The Balaban J connectivity index is 1.29. The van der Waals surface area contributed by atoms with Gasteiger partial charge in [-0.15, -0.1) is 0 Å². The minimum atomic E-state index is -0.238. The van der Waals surface area contributed by atoms with Crippen LogP contribution in [0.3, 0.4) is 0 Å². The normalized spacial score (nSPS) is 13.1. The number of carbonyl (C=O) groups excluding carboxylic acids is 1. The van der Waals surface area contributed by atoms with Crippen LogP contribution < -0.4 is 11.0 Å². The van der Waals surface area contributed by atoms with Crippen molar-refractivity contribution in [3.63, 3.8) is 0 Å². The number of nitrogens with zero attached hydrogens (tertiary/aromatic N) is 5. The predicted octanol–water partition coefficient (Wildman–Crippen LogP) is 2.96. The Morgan fingerprint density at radius 3 is 2.73 bits per heavy atom. The second kappa shape index (κ2) is 8.93. The van der Waals surface area contributed by atoms with E-state index in [1.807, 2.05) is 49.4 Å². The first-order chi connectivity index (χ1) is 16.1. The molecule has 0 radical (unpaired) electrons. The van der Waals surface area contributed by atoms with E-state index < -0.39 is 0 Å². The van der Waals surface area contributed by atoms with Gasteiger partial charge in [0.15, 0.2) is 5.76 Å². The van der Waals surface area contributed by atoms with Crippen LogP contribution in [-0.2, 0) is 19.5 Å². The summed E-state index contributed by atoms with van der Waals surface area (Å²) >= 11 is 0. The van der Waals surface area contributed by atoms with Crippen LogP contribution in [0.15, 0.2) is 57.9 Å². The zero-order chi connectivity index (χ0) is 22.8. The van der Waals surface area contributed by atoms with Crippen molar-refractivity contribution in [2.24, 2.45) is 0 Å². The molecule has 0 atom stereocenters. The first-order valence-electron chi connectivity index (χ1n) is 11.3. The molecule has 0 saturated carbocycles. The molecule has 0 fully saturated rings. The van der Waals surface area contributed by atoms with Crippen LogP contribution in [0.5, 0.6) is 0 Å². The average Bonchev–Trinajstić information content (AvgIpc) is 3.55. The molecular formula is C24H26N6O3. The molecule has 5 rings (SSSR count). The van der Waals surface area contributed by atoms with Crippen LogP contribution in [0.1, 0.15) is 41.2 Å². The van der Waals surface area contributed by atoms with Crippen LogP contribution in [0.4, 0.5) is 0 Å². The maximum absolute atomic E-state index is 13.0. The second-order valence-electron chi connectivity index (χ2n) is 8.22. The molecule has 1 N–H and O–H groups in total. The molecule has 3 aromatic heterocycles. The average molecular weight is 447 g/mol. The topological polar surface area (TPSA) is 99.9 Å². The number of nitrogens with one attached hydrogen (secondary N) is 1. The van der Waals surface area contributed by atoms with Gasteiger partial charge < -0.3 is 9.73 Å². The quantitative estimate of drug-likeness (QED) is 0.440. The zero-order valence-corrected chi connectivity index (χ0v) is 18.5. The largest absolute Gasteiger partial charge is 0.460 e. The first kappa shape index (κ1) is 21.0. The number of aryl methyl sites for hydroxylation is 3. The highest BCUT2D eigenvalue weighted by atomic mass is 16.3. The molecule has 170 valence electrons. The maximum atomic E-state index is 13.0. The molecule has 0 spiro atoms. The van der Waals surface area contributed by atoms with Gasteiger partial charge in [-0.25, -0.2) is 14.2 Å². The SMILES string of the molecule is Cc1ccc(-c2nn(-c3ccccc3)cc2C(=O)NCCCn2nc3n(c2=O)CCCC3)o1. The fraction of sp³-hybridized carbons (Fsp3) is 0.333. The summed E-state index contributed by atoms with van der Waals surface area (Å²) in [6.07, 6.45) is 5.25. The number of para-hydroxylation sites is 1. The van der Waals surface area contributed by atoms with Crippen molar-refractivity contribution in [1.82, 2.24) is 29.4 Å². The van der Waals surface area contributed by atoms with Gasteiger partial charge in [-0.05, 0) is 50.5 Å². The van der Waals surface area contributed by atoms with Crippen LogP contribution in [0.25, 0.3) is 17.1 Å². The van der Waals surface area contributed by atoms with Crippen molar-refractivity contribution in [2.75, 3.05) is 6.54 Å². The number of furan rings is 1. The van der Waals surface area contributed by atoms with Gasteiger partial charge in [0.1, 0.15) is 17.3 Å². The fourth-order valence-electron chi connectivity index (χ4n) is 4.12. The molecule has 9 heteroatoms. The summed E-state index contributed by atoms with van der Waals surface area (Å²) in [7, 11) is 0. The number of hydrogen-bond donors (Lipinski definition) is 1. The molecule has 1 aromatic carbocycles. The lowest BCUT2D eigenvalue weighted by molar-refractivity contribution is 0.0953. The van der Waals surface area contributed by atoms with Gasteiger partial charge in [0, 0.05) is 32.3 Å². The van der Waals surface area contributed by atoms with Gasteiger partial charge in [0.25, 0.3) is 5.91 Å². The zero-order valence-electron chi connectivity index (χ0n) is 18.5. The number of aromatic nitrogens is 5. The molecular weight excluding hydrogens is 420 g/mol. The van der Waals surface area contributed by atoms with Gasteiger partial charge in [0.2, 0.25) is 0 Å². The van der Waals surface area contributed by atoms with E-state index in [0.29, 0.717) is 36.5 Å². The molecule has 1 aliphatic heterocycles. The van der Waals surface area contributed by atoms with Crippen LogP contribution in [-0.4, -0.2) is 36.6 Å². The first-order valence-corrected chi connectivity index (χ1v) is 11.3. The third-order valence-corrected chi connectivity index (χ3v) is 5.82. The number of amides is 1. The van der Waals surface area contributed by atoms with Crippen molar-refractivity contribution in [3.8, 4) is 17.1 Å². The Morgan fingerprint density at radius 2 is 1.97 bits per heavy atom. The molecule has 0 unspecified atom stereocenters. The highest BCUT2D eigenvalue weighted by Gasteiger charge is 2.21. The standard InChI is InChI=1S/C24H26N6O3/c1-17-11-12-20(33-17)22-19(16-30(27-22)18-8-3-2-4-9-18)23(31)25-13-7-15-29-24(32)28-14-6-5-10-21(28)26-29/h2-4,8-9,11-12,16H,5-7,10,13-15H2,1H3,(H,25,31). The van der Waals surface area contributed by atoms with E-state index in [9.17, 15) is 9.59 Å². The van der Waals surface area contributed by atoms with Crippen LogP contribution in [0, 0.1) is 6.92 Å². The Bertz CT molecular complexity index is 1330. The number of fused-ring (bicyclic) bond motifs is 1. The number of hydrogen-bond acceptors (Lipinski definition) is 5. The van der Waals surface area contributed by atoms with E-state index in [-0.39, 0.29) is 11.6 Å². The van der Waals surface area contributed by atoms with Crippen molar-refractivity contribution in [3.05, 3.63) is 76.3 Å². The van der Waals surface area contributed by atoms with Gasteiger partial charge in [-0.3, -0.25) is 9.36 Å². The highest BCUT2D eigenvalue weighted by molar-refractivity contribution is 5.99. The number of carbonyl (C=O) groups is 1. The Kier molecular flexibility index (Phi) is 5.68. The summed E-state index contributed by atoms with van der Waals surface area (Å²) in [6.45, 7) is 3.48. The smallest absolute Gasteiger partial charge is 0.345 e. The third-order valence-electron chi connectivity index (χ3n) is 5.82. The summed E-state index contributed by atoms with van der Waals surface area (Å²) in [5.74, 6) is 1.92. The number of benzene rings is 1. The summed E-state index contributed by atoms with van der Waals surface area (Å²) < 4.78 is 10.7. The van der Waals surface area contributed by atoms with Crippen molar-refractivity contribution >= 4 is 5.91 Å². The lowest BCUT2D eigenvalue weighted by Gasteiger charge is -2.09. The van der Waals surface area contributed by atoms with Crippen LogP contribution in [0.2, 0.25) is 0 Å². The van der Waals surface area contributed by atoms with Crippen molar-refractivity contribution < 1.29 is 9.21 Å². The van der Waals surface area contributed by atoms with E-state index in [0.717, 1.165) is 43.1 Å². The molecule has 9 nitrogen and oxygen atoms in total. The molecule has 33 heavy (non-hydrogen) atoms. The fourth-order valence-corrected chi connectivity index (χ4v) is 4.12. The lowest BCUT2D eigenvalue weighted by atomic mass is 10.2. The summed E-state index contributed by atoms with van der Waals surface area (Å²) in [5.41, 5.74) is 1.71. The summed E-state index contributed by atoms with van der Waals surface area (Å²) in [4.78, 5) is 25.5. The van der Waals surface area contributed by atoms with E-state index in [1.165, 1.54) is 4.68 Å². The lowest BCUT2D eigenvalue weighted by Crippen LogP contribution is -2.29. The minimum absolute atomic E-state index is 0.0596. The third kappa shape index (κ3) is 4.26. The number of rotatable bonds is 7. The summed E-state index contributed by atoms with van der Waals surface area (Å²) in [5, 5.41) is 12.0.